The molecule has 5 fully saturated rings. The largest absolute Gasteiger partial charge is 0.509 e. The number of fused-ring (bicyclic) bond motifs is 8. The molecule has 2 spiro atoms. The van der Waals surface area contributed by atoms with Crippen molar-refractivity contribution in [2.24, 2.45) is 0 Å². The van der Waals surface area contributed by atoms with Crippen molar-refractivity contribution in [3.8, 4) is 17.2 Å². The molecule has 6 heterocycles. The summed E-state index contributed by atoms with van der Waals surface area (Å²) < 4.78 is 81.8. The maximum absolute atomic E-state index is 14.6. The molecule has 2 aromatic rings. The van der Waals surface area contributed by atoms with Crippen LogP contribution in [-0.2, 0) is 56.6 Å². The summed E-state index contributed by atoms with van der Waals surface area (Å²) in [7, 11) is 1.73. The highest BCUT2D eigenvalue weighted by atomic mass is 28.4. The number of phenols is 1. The highest BCUT2D eigenvalue weighted by molar-refractivity contribution is 6.74. The maximum atomic E-state index is 14.6. The molecule has 5 saturated heterocycles. The zero-order chi connectivity index (χ0) is 44.1. The van der Waals surface area contributed by atoms with E-state index >= 15 is 0 Å². The maximum Gasteiger partial charge on any atom is 0.509 e. The number of Topliss-reactive ketones (excluding diaryl/α,β-unsaturated/α-hetero) is 1. The molecule has 0 saturated carbocycles. The van der Waals surface area contributed by atoms with E-state index in [4.69, 9.17) is 61.3 Å². The Morgan fingerprint density at radius 1 is 1.02 bits per heavy atom. The van der Waals surface area contributed by atoms with Crippen LogP contribution in [0.25, 0.3) is 10.8 Å². The summed E-state index contributed by atoms with van der Waals surface area (Å²) >= 11 is 0. The van der Waals surface area contributed by atoms with Gasteiger partial charge in [0.15, 0.2) is 32.6 Å². The predicted octanol–water partition coefficient (Wildman–Crippen LogP) is 4.89. The molecule has 0 amide bonds. The number of aliphatic hydroxyl groups excluding tert-OH is 1. The van der Waals surface area contributed by atoms with Crippen LogP contribution >= 0.6 is 0 Å². The molecule has 0 aromatic heterocycles. The highest BCUT2D eigenvalue weighted by Crippen LogP contribution is 2.72. The van der Waals surface area contributed by atoms with Crippen LogP contribution in [-0.4, -0.2) is 130 Å². The number of benzene rings is 2. The second kappa shape index (κ2) is 13.7. The van der Waals surface area contributed by atoms with Crippen LogP contribution in [0.3, 0.4) is 0 Å². The van der Waals surface area contributed by atoms with Crippen LogP contribution < -0.4 is 9.47 Å². The second-order valence-corrected chi connectivity index (χ2v) is 23.3. The number of aromatic hydroxyl groups is 1. The van der Waals surface area contributed by atoms with Gasteiger partial charge in [-0.1, -0.05) is 20.8 Å². The van der Waals surface area contributed by atoms with Crippen molar-refractivity contribution in [3.63, 3.8) is 0 Å². The van der Waals surface area contributed by atoms with E-state index in [1.54, 1.807) is 19.9 Å². The molecule has 61 heavy (non-hydrogen) atoms. The molecule has 2 bridgehead atoms. The van der Waals surface area contributed by atoms with Crippen LogP contribution in [0, 0.1) is 6.92 Å². The number of rotatable bonds is 9. The van der Waals surface area contributed by atoms with Gasteiger partial charge in [-0.05, 0) is 50.5 Å². The lowest BCUT2D eigenvalue weighted by Crippen LogP contribution is -2.72. The number of aryl methyl sites for hydroxylation is 1. The lowest BCUT2D eigenvalue weighted by atomic mass is 9.77. The molecule has 0 radical (unpaired) electrons. The van der Waals surface area contributed by atoms with Gasteiger partial charge in [-0.3, -0.25) is 9.59 Å². The number of carbonyl (C=O) groups excluding carboxylic acids is 3. The first kappa shape index (κ1) is 42.7. The van der Waals surface area contributed by atoms with Crippen LogP contribution in [0.15, 0.2) is 6.07 Å². The lowest BCUT2D eigenvalue weighted by Gasteiger charge is -2.52. The van der Waals surface area contributed by atoms with Crippen LogP contribution in [0.2, 0.25) is 18.1 Å². The summed E-state index contributed by atoms with van der Waals surface area (Å²) in [6, 6.07) is 1.77. The van der Waals surface area contributed by atoms with Gasteiger partial charge in [-0.2, -0.15) is 0 Å². The van der Waals surface area contributed by atoms with Crippen molar-refractivity contribution in [2.45, 2.75) is 158 Å². The van der Waals surface area contributed by atoms with Gasteiger partial charge in [0.25, 0.3) is 11.6 Å². The Bertz CT molecular complexity index is 2210. The molecule has 19 heteroatoms. The first-order valence-corrected chi connectivity index (χ1v) is 23.4. The molecule has 334 valence electrons. The van der Waals surface area contributed by atoms with E-state index in [0.29, 0.717) is 16.5 Å². The fourth-order valence-corrected chi connectivity index (χ4v) is 11.7. The SMILES string of the molecule is COc1c2c(c(O)c3c4c(c(C)cc13)C1OC3(C(OC)OC)OC1[C@@](O[C@H]1C[C@@H](OC(C)=O)[C@]5(OC(=O)O[C@@H]5C)[C@H](C)O1)(O4)[C@@]31CO1)C(=O)[C@@H](O[Si](C)(C)C(C)(C)C)C[C@@H]2O. The number of ether oxygens (including phenoxy) is 12. The topological polar surface area (TPSA) is 215 Å². The Labute approximate surface area is 353 Å². The van der Waals surface area contributed by atoms with E-state index in [9.17, 15) is 24.6 Å². The van der Waals surface area contributed by atoms with Crippen molar-refractivity contribution in [3.05, 3.63) is 28.3 Å². The number of hydrogen-bond acceptors (Lipinski definition) is 18. The monoisotopic (exact) mass is 874 g/mol. The van der Waals surface area contributed by atoms with E-state index < -0.39 is 110 Å². The molecular formula is C42H54O18Si. The summed E-state index contributed by atoms with van der Waals surface area (Å²) in [5.74, 6) is -5.09. The minimum Gasteiger partial charge on any atom is -0.506 e. The number of carbonyl (C=O) groups is 3. The average molecular weight is 875 g/mol. The molecule has 18 nitrogen and oxygen atoms in total. The standard InChI is InChI=1S/C42H54O18Si/c1-17-13-21-27(31(46)29-28(32(21)48-8)22(44)14-23(30(29)45)60-61(11,12)38(5,6)7)33-26(17)34-35-41(56-33,39(16-51-39)42(57-34,58-35)36(49-9)50-10)55-25-15-24(54-20(4)43)40(18(2)52-25)19(3)53-37(47)59-40/h13,18-19,22-25,34-36,44,46H,14-16H2,1-12H3/t18-,19+,22-,23-,24+,25-,34?,35?,39-,40-,41+,42?/m0/s1. The van der Waals surface area contributed by atoms with E-state index in [-0.39, 0.29) is 52.5 Å². The third kappa shape index (κ3) is 5.48. The first-order chi connectivity index (χ1) is 28.6. The number of ketones is 1. The van der Waals surface area contributed by atoms with E-state index in [1.807, 2.05) is 20.0 Å². The summed E-state index contributed by atoms with van der Waals surface area (Å²) in [6.45, 7) is 16.5. The summed E-state index contributed by atoms with van der Waals surface area (Å²) in [6.07, 6.45) is -10.8. The number of phenolic OH excluding ortho intramolecular Hbond substituents is 1. The third-order valence-corrected chi connectivity index (χ3v) is 18.8. The summed E-state index contributed by atoms with van der Waals surface area (Å²) in [5, 5.41) is 24.4. The highest BCUT2D eigenvalue weighted by Gasteiger charge is 2.94. The number of aliphatic hydroxyl groups is 1. The number of hydrogen-bond donors (Lipinski definition) is 2. The molecule has 9 rings (SSSR count). The van der Waals surface area contributed by atoms with Crippen molar-refractivity contribution in [1.29, 1.82) is 0 Å². The Kier molecular flexibility index (Phi) is 9.57. The van der Waals surface area contributed by atoms with Crippen LogP contribution in [0.5, 0.6) is 17.2 Å². The fraction of sp³-hybridized carbons (Fsp3) is 0.690. The molecule has 12 atom stereocenters. The Balaban J connectivity index is 1.22. The molecule has 6 aliphatic heterocycles. The van der Waals surface area contributed by atoms with Gasteiger partial charge in [-0.15, -0.1) is 0 Å². The van der Waals surface area contributed by atoms with Gasteiger partial charge in [0.1, 0.15) is 41.7 Å². The van der Waals surface area contributed by atoms with E-state index in [2.05, 4.69) is 20.8 Å². The molecule has 7 aliphatic rings. The minimum absolute atomic E-state index is 0.0341. The van der Waals surface area contributed by atoms with Gasteiger partial charge < -0.3 is 71.5 Å². The van der Waals surface area contributed by atoms with Crippen LogP contribution in [0.4, 0.5) is 4.79 Å². The Hall–Kier alpha value is -3.63. The third-order valence-electron chi connectivity index (χ3n) is 14.3. The minimum atomic E-state index is -2.55. The van der Waals surface area contributed by atoms with Gasteiger partial charge in [0, 0.05) is 50.5 Å². The van der Waals surface area contributed by atoms with Crippen molar-refractivity contribution in [1.82, 2.24) is 0 Å². The number of cyclic esters (lactones) is 1. The summed E-state index contributed by atoms with van der Waals surface area (Å²) in [4.78, 5) is 39.7. The zero-order valence-corrected chi connectivity index (χ0v) is 37.3. The van der Waals surface area contributed by atoms with Gasteiger partial charge in [0.2, 0.25) is 17.5 Å². The molecular weight excluding hydrogens is 821 g/mol. The predicted molar refractivity (Wildman–Crippen MR) is 210 cm³/mol. The van der Waals surface area contributed by atoms with Crippen LogP contribution in [0.1, 0.15) is 93.6 Å². The summed E-state index contributed by atoms with van der Waals surface area (Å²) in [5.41, 5.74) is -2.02. The smallest absolute Gasteiger partial charge is 0.506 e. The van der Waals surface area contributed by atoms with Gasteiger partial charge in [-0.25, -0.2) is 4.79 Å². The number of epoxide rings is 1. The molecule has 2 N–H and O–H groups in total. The normalized spacial score (nSPS) is 38.4. The molecule has 1 aliphatic carbocycles. The molecule has 2 aromatic carbocycles. The van der Waals surface area contributed by atoms with E-state index in [0.717, 1.165) is 0 Å². The van der Waals surface area contributed by atoms with Crippen molar-refractivity contribution >= 4 is 37.0 Å². The molecule has 3 unspecified atom stereocenters. The van der Waals surface area contributed by atoms with Gasteiger partial charge in [0.05, 0.1) is 30.8 Å². The Morgan fingerprint density at radius 2 is 1.70 bits per heavy atom. The quantitative estimate of drug-likeness (QED) is 0.148. The van der Waals surface area contributed by atoms with Crippen molar-refractivity contribution in [2.75, 3.05) is 27.9 Å². The first-order valence-electron chi connectivity index (χ1n) is 20.5. The number of methoxy groups -OCH3 is 3. The second-order valence-electron chi connectivity index (χ2n) is 18.6. The number of esters is 1. The Morgan fingerprint density at radius 3 is 2.28 bits per heavy atom. The lowest BCUT2D eigenvalue weighted by molar-refractivity contribution is -0.387. The van der Waals surface area contributed by atoms with Crippen molar-refractivity contribution < 1.29 is 85.9 Å². The fourth-order valence-electron chi connectivity index (χ4n) is 10.4. The zero-order valence-electron chi connectivity index (χ0n) is 36.3. The van der Waals surface area contributed by atoms with E-state index in [1.165, 1.54) is 28.3 Å². The van der Waals surface area contributed by atoms with Gasteiger partial charge >= 0.3 is 12.1 Å². The average Bonchev–Trinajstić information content (AvgIpc) is 3.73.